The Hall–Kier alpha value is -3.61. The molecule has 0 spiro atoms. The summed E-state index contributed by atoms with van der Waals surface area (Å²) in [5.41, 5.74) is 3.72. The first kappa shape index (κ1) is 19.2. The van der Waals surface area contributed by atoms with Crippen molar-refractivity contribution in [1.29, 1.82) is 0 Å². The van der Waals surface area contributed by atoms with Crippen LogP contribution in [-0.4, -0.2) is 36.0 Å². The lowest BCUT2D eigenvalue weighted by Crippen LogP contribution is -2.26. The Morgan fingerprint density at radius 2 is 2.11 bits per heavy atom. The van der Waals surface area contributed by atoms with Crippen LogP contribution >= 0.6 is 0 Å². The quantitative estimate of drug-likeness (QED) is 0.579. The van der Waals surface area contributed by atoms with Crippen LogP contribution in [0.1, 0.15) is 28.4 Å². The number of nitrogens with zero attached hydrogens (tertiary/aromatic N) is 1. The fourth-order valence-corrected chi connectivity index (χ4v) is 2.85. The number of aliphatic imine (C=N–C) groups is 1. The van der Waals surface area contributed by atoms with Gasteiger partial charge in [0.05, 0.1) is 6.54 Å². The summed E-state index contributed by atoms with van der Waals surface area (Å²) in [5.74, 6) is -0.507. The number of hydrogen-bond donors (Lipinski definition) is 4. The molecule has 1 aliphatic rings. The molecule has 0 aliphatic carbocycles. The molecule has 2 aromatic rings. The predicted octanol–water partition coefficient (Wildman–Crippen LogP) is 2.97. The molecular weight excluding hydrogens is 356 g/mol. The van der Waals surface area contributed by atoms with Crippen LogP contribution in [0.2, 0.25) is 0 Å². The first-order valence-electron chi connectivity index (χ1n) is 9.06. The van der Waals surface area contributed by atoms with E-state index in [2.05, 4.69) is 20.9 Å². The van der Waals surface area contributed by atoms with Gasteiger partial charge >= 0.3 is 5.97 Å². The average molecular weight is 378 g/mol. The maximum Gasteiger partial charge on any atom is 0.328 e. The molecule has 0 radical (unpaired) electrons. The van der Waals surface area contributed by atoms with E-state index in [1.807, 2.05) is 25.1 Å². The lowest BCUT2D eigenvalue weighted by atomic mass is 10.1. The van der Waals surface area contributed by atoms with E-state index in [1.165, 1.54) is 6.08 Å². The normalized spacial score (nSPS) is 13.1. The number of carboxylic acids is 1. The fraction of sp³-hybridized carbons (Fsp3) is 0.190. The molecule has 2 aromatic carbocycles. The highest BCUT2D eigenvalue weighted by molar-refractivity contribution is 6.06. The SMILES string of the molecule is CCc1cc(/C=C/C(=O)O)ccc1NC(=O)c1cccc(NC2=NCCN2)c1. The zero-order valence-corrected chi connectivity index (χ0v) is 15.5. The van der Waals surface area contributed by atoms with Crippen LogP contribution in [0.15, 0.2) is 53.5 Å². The summed E-state index contributed by atoms with van der Waals surface area (Å²) in [6.45, 7) is 3.52. The molecule has 1 aliphatic heterocycles. The number of amides is 1. The molecule has 1 heterocycles. The molecule has 1 amide bonds. The topological polar surface area (TPSA) is 103 Å². The summed E-state index contributed by atoms with van der Waals surface area (Å²) in [7, 11) is 0. The fourth-order valence-electron chi connectivity index (χ4n) is 2.85. The Morgan fingerprint density at radius 1 is 1.25 bits per heavy atom. The summed E-state index contributed by atoms with van der Waals surface area (Å²) in [4.78, 5) is 27.6. The van der Waals surface area contributed by atoms with Crippen LogP contribution in [0.25, 0.3) is 6.08 Å². The van der Waals surface area contributed by atoms with E-state index in [9.17, 15) is 9.59 Å². The Labute approximate surface area is 163 Å². The number of anilines is 2. The van der Waals surface area contributed by atoms with Crippen molar-refractivity contribution >= 4 is 35.3 Å². The van der Waals surface area contributed by atoms with Crippen LogP contribution in [0.3, 0.4) is 0 Å². The van der Waals surface area contributed by atoms with Crippen molar-refractivity contribution in [3.63, 3.8) is 0 Å². The largest absolute Gasteiger partial charge is 0.478 e. The van der Waals surface area contributed by atoms with Crippen LogP contribution < -0.4 is 16.0 Å². The van der Waals surface area contributed by atoms with Gasteiger partial charge in [0.2, 0.25) is 0 Å². The van der Waals surface area contributed by atoms with E-state index in [-0.39, 0.29) is 5.91 Å². The zero-order chi connectivity index (χ0) is 19.9. The lowest BCUT2D eigenvalue weighted by molar-refractivity contribution is -0.131. The van der Waals surface area contributed by atoms with E-state index in [0.29, 0.717) is 23.6 Å². The Balaban J connectivity index is 1.74. The third kappa shape index (κ3) is 4.97. The maximum absolute atomic E-state index is 12.7. The highest BCUT2D eigenvalue weighted by Gasteiger charge is 2.11. The highest BCUT2D eigenvalue weighted by atomic mass is 16.4. The summed E-state index contributed by atoms with van der Waals surface area (Å²) < 4.78 is 0. The van der Waals surface area contributed by atoms with E-state index in [4.69, 9.17) is 5.11 Å². The van der Waals surface area contributed by atoms with Crippen molar-refractivity contribution in [3.8, 4) is 0 Å². The van der Waals surface area contributed by atoms with Gasteiger partial charge in [-0.25, -0.2) is 4.79 Å². The van der Waals surface area contributed by atoms with Gasteiger partial charge in [-0.05, 0) is 54.0 Å². The third-order valence-electron chi connectivity index (χ3n) is 4.24. The number of aryl methyl sites for hydroxylation is 1. The van der Waals surface area contributed by atoms with Crippen LogP contribution in [0.4, 0.5) is 11.4 Å². The first-order valence-corrected chi connectivity index (χ1v) is 9.06. The molecule has 0 atom stereocenters. The number of carbonyl (C=O) groups is 2. The van der Waals surface area contributed by atoms with Crippen molar-refractivity contribution in [3.05, 3.63) is 65.2 Å². The van der Waals surface area contributed by atoms with Gasteiger partial charge in [0.1, 0.15) is 0 Å². The van der Waals surface area contributed by atoms with Gasteiger partial charge in [0, 0.05) is 29.6 Å². The standard InChI is InChI=1S/C21H22N4O3/c1-2-15-12-14(7-9-19(26)27)6-8-18(15)25-20(28)16-4-3-5-17(13-16)24-21-22-10-11-23-21/h3-9,12-13H,2,10-11H2,1H3,(H,25,28)(H,26,27)(H2,22,23,24)/b9-7+. The second-order valence-corrected chi connectivity index (χ2v) is 6.26. The van der Waals surface area contributed by atoms with Crippen LogP contribution in [0, 0.1) is 0 Å². The zero-order valence-electron chi connectivity index (χ0n) is 15.5. The minimum absolute atomic E-state index is 0.214. The Morgan fingerprint density at radius 3 is 2.82 bits per heavy atom. The molecule has 0 aromatic heterocycles. The van der Waals surface area contributed by atoms with E-state index >= 15 is 0 Å². The minimum atomic E-state index is -0.998. The lowest BCUT2D eigenvalue weighted by Gasteiger charge is -2.12. The maximum atomic E-state index is 12.7. The number of aliphatic carboxylic acids is 1. The molecule has 3 rings (SSSR count). The molecule has 7 nitrogen and oxygen atoms in total. The smallest absolute Gasteiger partial charge is 0.328 e. The molecule has 4 N–H and O–H groups in total. The minimum Gasteiger partial charge on any atom is -0.478 e. The van der Waals surface area contributed by atoms with Crippen LogP contribution in [0.5, 0.6) is 0 Å². The van der Waals surface area contributed by atoms with E-state index in [0.717, 1.165) is 36.0 Å². The molecular formula is C21H22N4O3. The van der Waals surface area contributed by atoms with Crippen molar-refractivity contribution in [2.75, 3.05) is 23.7 Å². The summed E-state index contributed by atoms with van der Waals surface area (Å²) in [6, 6.07) is 12.6. The number of hydrogen-bond acceptors (Lipinski definition) is 5. The second kappa shape index (κ2) is 8.85. The highest BCUT2D eigenvalue weighted by Crippen LogP contribution is 2.21. The van der Waals surface area contributed by atoms with Crippen molar-refractivity contribution in [2.45, 2.75) is 13.3 Å². The molecule has 0 fully saturated rings. The van der Waals surface area contributed by atoms with Gasteiger partial charge in [0.25, 0.3) is 5.91 Å². The first-order chi connectivity index (χ1) is 13.5. The summed E-state index contributed by atoms with van der Waals surface area (Å²) >= 11 is 0. The van der Waals surface area contributed by atoms with Crippen molar-refractivity contribution in [1.82, 2.24) is 5.32 Å². The van der Waals surface area contributed by atoms with Gasteiger partial charge in [-0.3, -0.25) is 9.79 Å². The van der Waals surface area contributed by atoms with E-state index < -0.39 is 5.97 Å². The molecule has 0 bridgehead atoms. The van der Waals surface area contributed by atoms with Crippen molar-refractivity contribution < 1.29 is 14.7 Å². The van der Waals surface area contributed by atoms with Gasteiger partial charge in [0.15, 0.2) is 5.96 Å². The molecule has 0 saturated heterocycles. The summed E-state index contributed by atoms with van der Waals surface area (Å²) in [5, 5.41) is 18.0. The van der Waals surface area contributed by atoms with Crippen molar-refractivity contribution in [2.24, 2.45) is 4.99 Å². The average Bonchev–Trinajstić information content (AvgIpc) is 3.20. The Bertz CT molecular complexity index is 950. The summed E-state index contributed by atoms with van der Waals surface area (Å²) in [6.07, 6.45) is 3.33. The number of nitrogens with one attached hydrogen (secondary N) is 3. The van der Waals surface area contributed by atoms with Gasteiger partial charge in [-0.2, -0.15) is 0 Å². The monoisotopic (exact) mass is 378 g/mol. The Kier molecular flexibility index (Phi) is 6.06. The number of benzene rings is 2. The second-order valence-electron chi connectivity index (χ2n) is 6.26. The van der Waals surface area contributed by atoms with Gasteiger partial charge in [-0.1, -0.05) is 19.1 Å². The number of carbonyl (C=O) groups excluding carboxylic acids is 1. The molecule has 0 saturated carbocycles. The predicted molar refractivity (Wildman–Crippen MR) is 111 cm³/mol. The van der Waals surface area contributed by atoms with E-state index in [1.54, 1.807) is 24.3 Å². The molecule has 7 heteroatoms. The number of guanidine groups is 1. The van der Waals surface area contributed by atoms with Gasteiger partial charge in [-0.15, -0.1) is 0 Å². The molecule has 0 unspecified atom stereocenters. The third-order valence-corrected chi connectivity index (χ3v) is 4.24. The number of rotatable bonds is 6. The number of carboxylic acid groups (broad SMARTS) is 1. The molecule has 144 valence electrons. The van der Waals surface area contributed by atoms with Crippen LogP contribution in [-0.2, 0) is 11.2 Å². The molecule has 28 heavy (non-hydrogen) atoms. The van der Waals surface area contributed by atoms with Gasteiger partial charge < -0.3 is 21.1 Å².